The van der Waals surface area contributed by atoms with Crippen LogP contribution in [-0.4, -0.2) is 11.0 Å². The minimum Gasteiger partial charge on any atom is -0.508 e. The molecule has 4 nitrogen and oxygen atoms in total. The van der Waals surface area contributed by atoms with Crippen LogP contribution in [0.5, 0.6) is 5.75 Å². The van der Waals surface area contributed by atoms with E-state index in [0.717, 1.165) is 0 Å². The lowest BCUT2D eigenvalue weighted by Crippen LogP contribution is -2.14. The summed E-state index contributed by atoms with van der Waals surface area (Å²) in [5, 5.41) is 12.5. The van der Waals surface area contributed by atoms with E-state index in [-0.39, 0.29) is 11.7 Å². The van der Waals surface area contributed by atoms with Crippen molar-refractivity contribution in [3.63, 3.8) is 0 Å². The van der Waals surface area contributed by atoms with Gasteiger partial charge in [-0.05, 0) is 48.9 Å². The molecule has 0 unspecified atom stereocenters. The van der Waals surface area contributed by atoms with Gasteiger partial charge in [-0.25, -0.2) is 0 Å². The molecule has 0 aliphatic heterocycles. The number of phenolic OH excluding ortho intramolecular Hbond substituents is 1. The van der Waals surface area contributed by atoms with Crippen molar-refractivity contribution in [3.05, 3.63) is 52.5 Å². The van der Waals surface area contributed by atoms with Gasteiger partial charge in [0.15, 0.2) is 0 Å². The van der Waals surface area contributed by atoms with Gasteiger partial charge in [-0.2, -0.15) is 0 Å². The fourth-order valence-electron chi connectivity index (χ4n) is 1.73. The van der Waals surface area contributed by atoms with Crippen molar-refractivity contribution < 1.29 is 9.90 Å². The number of benzene rings is 2. The molecule has 0 saturated carbocycles. The Labute approximate surface area is 115 Å². The lowest BCUT2D eigenvalue weighted by molar-refractivity contribution is 0.102. The number of anilines is 2. The van der Waals surface area contributed by atoms with E-state index in [1.54, 1.807) is 31.2 Å². The first-order valence-electron chi connectivity index (χ1n) is 5.63. The Morgan fingerprint density at radius 3 is 2.68 bits per heavy atom. The van der Waals surface area contributed by atoms with Crippen molar-refractivity contribution in [3.8, 4) is 5.75 Å². The molecule has 0 aromatic heterocycles. The topological polar surface area (TPSA) is 75.3 Å². The fraction of sp³-hybridized carbons (Fsp3) is 0.0714. The average Bonchev–Trinajstić information content (AvgIpc) is 2.33. The summed E-state index contributed by atoms with van der Waals surface area (Å²) in [6, 6.07) is 9.41. The van der Waals surface area contributed by atoms with Gasteiger partial charge in [-0.3, -0.25) is 4.79 Å². The number of phenols is 1. The molecule has 0 atom stereocenters. The molecule has 0 heterocycles. The maximum absolute atomic E-state index is 12.1. The van der Waals surface area contributed by atoms with E-state index in [2.05, 4.69) is 5.32 Å². The van der Waals surface area contributed by atoms with Gasteiger partial charge in [0.2, 0.25) is 0 Å². The minimum absolute atomic E-state index is 0.122. The van der Waals surface area contributed by atoms with E-state index < -0.39 is 0 Å². The highest BCUT2D eigenvalue weighted by atomic mass is 35.5. The van der Waals surface area contributed by atoms with Gasteiger partial charge in [0.25, 0.3) is 5.91 Å². The zero-order valence-corrected chi connectivity index (χ0v) is 11.0. The molecule has 0 spiro atoms. The van der Waals surface area contributed by atoms with Crippen LogP contribution in [0.25, 0.3) is 0 Å². The van der Waals surface area contributed by atoms with Crippen LogP contribution in [-0.2, 0) is 0 Å². The average molecular weight is 277 g/mol. The van der Waals surface area contributed by atoms with Crippen molar-refractivity contribution >= 4 is 28.9 Å². The van der Waals surface area contributed by atoms with Crippen LogP contribution in [0.2, 0.25) is 5.02 Å². The molecular formula is C14H13ClN2O2. The van der Waals surface area contributed by atoms with E-state index in [9.17, 15) is 9.90 Å². The summed E-state index contributed by atoms with van der Waals surface area (Å²) < 4.78 is 0. The molecule has 2 aromatic rings. The summed E-state index contributed by atoms with van der Waals surface area (Å²) in [6.07, 6.45) is 0. The summed E-state index contributed by atoms with van der Waals surface area (Å²) >= 11 is 5.86. The summed E-state index contributed by atoms with van der Waals surface area (Å²) in [7, 11) is 0. The summed E-state index contributed by atoms with van der Waals surface area (Å²) in [5.41, 5.74) is 7.82. The molecule has 98 valence electrons. The third-order valence-corrected chi connectivity index (χ3v) is 2.95. The van der Waals surface area contributed by atoms with Crippen LogP contribution in [0.4, 0.5) is 11.4 Å². The second kappa shape index (κ2) is 5.20. The zero-order valence-electron chi connectivity index (χ0n) is 10.3. The number of nitrogen functional groups attached to an aromatic ring is 1. The second-order valence-electron chi connectivity index (χ2n) is 4.18. The Hall–Kier alpha value is -2.20. The van der Waals surface area contributed by atoms with Gasteiger partial charge < -0.3 is 16.2 Å². The van der Waals surface area contributed by atoms with Crippen LogP contribution >= 0.6 is 11.6 Å². The van der Waals surface area contributed by atoms with Crippen LogP contribution in [0.1, 0.15) is 15.9 Å². The molecular weight excluding hydrogens is 264 g/mol. The third kappa shape index (κ3) is 2.98. The lowest BCUT2D eigenvalue weighted by Gasteiger charge is -2.10. The number of amides is 1. The molecule has 19 heavy (non-hydrogen) atoms. The maximum Gasteiger partial charge on any atom is 0.255 e. The fourth-order valence-corrected chi connectivity index (χ4v) is 1.90. The van der Waals surface area contributed by atoms with Gasteiger partial charge in [-0.1, -0.05) is 11.6 Å². The Kier molecular flexibility index (Phi) is 3.62. The molecule has 0 radical (unpaired) electrons. The molecule has 0 saturated heterocycles. The SMILES string of the molecule is Cc1cc(O)ccc1C(=O)Nc1cc(Cl)ccc1N. The Balaban J connectivity index is 2.28. The number of nitrogens with one attached hydrogen (secondary N) is 1. The van der Waals surface area contributed by atoms with E-state index in [4.69, 9.17) is 17.3 Å². The van der Waals surface area contributed by atoms with Crippen molar-refractivity contribution in [2.24, 2.45) is 0 Å². The van der Waals surface area contributed by atoms with Crippen LogP contribution < -0.4 is 11.1 Å². The Morgan fingerprint density at radius 2 is 2.00 bits per heavy atom. The van der Waals surface area contributed by atoms with Crippen molar-refractivity contribution in [2.75, 3.05) is 11.1 Å². The summed E-state index contributed by atoms with van der Waals surface area (Å²) in [4.78, 5) is 12.1. The first-order chi connectivity index (χ1) is 8.97. The second-order valence-corrected chi connectivity index (χ2v) is 4.62. The van der Waals surface area contributed by atoms with Crippen molar-refractivity contribution in [1.82, 2.24) is 0 Å². The summed E-state index contributed by atoms with van der Waals surface area (Å²) in [6.45, 7) is 1.75. The van der Waals surface area contributed by atoms with Crippen LogP contribution in [0.15, 0.2) is 36.4 Å². The smallest absolute Gasteiger partial charge is 0.255 e. The normalized spacial score (nSPS) is 10.2. The van der Waals surface area contributed by atoms with Crippen molar-refractivity contribution in [2.45, 2.75) is 6.92 Å². The Morgan fingerprint density at radius 1 is 1.26 bits per heavy atom. The predicted molar refractivity (Wildman–Crippen MR) is 76.7 cm³/mol. The standard InChI is InChI=1S/C14H13ClN2O2/c1-8-6-10(18)3-4-11(8)14(19)17-13-7-9(15)2-5-12(13)16/h2-7,18H,16H2,1H3,(H,17,19). The van der Waals surface area contributed by atoms with E-state index >= 15 is 0 Å². The minimum atomic E-state index is -0.300. The molecule has 2 aromatic carbocycles. The molecule has 0 aliphatic rings. The number of hydrogen-bond donors (Lipinski definition) is 3. The van der Waals surface area contributed by atoms with Crippen molar-refractivity contribution in [1.29, 1.82) is 0 Å². The van der Waals surface area contributed by atoms with Gasteiger partial charge in [0.1, 0.15) is 5.75 Å². The first kappa shape index (κ1) is 13.2. The van der Waals surface area contributed by atoms with Gasteiger partial charge in [-0.15, -0.1) is 0 Å². The molecule has 0 aliphatic carbocycles. The highest BCUT2D eigenvalue weighted by Crippen LogP contribution is 2.24. The zero-order chi connectivity index (χ0) is 14.0. The highest BCUT2D eigenvalue weighted by Gasteiger charge is 2.11. The summed E-state index contributed by atoms with van der Waals surface area (Å²) in [5.74, 6) is -0.178. The number of carbonyl (C=O) groups is 1. The van der Waals surface area contributed by atoms with E-state index in [1.165, 1.54) is 12.1 Å². The molecule has 4 N–H and O–H groups in total. The predicted octanol–water partition coefficient (Wildman–Crippen LogP) is 3.19. The van der Waals surface area contributed by atoms with Gasteiger partial charge in [0, 0.05) is 10.6 Å². The molecule has 5 heteroatoms. The Bertz CT molecular complexity index is 641. The first-order valence-corrected chi connectivity index (χ1v) is 6.01. The van der Waals surface area contributed by atoms with Crippen LogP contribution in [0.3, 0.4) is 0 Å². The number of aromatic hydroxyl groups is 1. The third-order valence-electron chi connectivity index (χ3n) is 2.72. The monoisotopic (exact) mass is 276 g/mol. The number of aryl methyl sites for hydroxylation is 1. The lowest BCUT2D eigenvalue weighted by atomic mass is 10.1. The quantitative estimate of drug-likeness (QED) is 0.737. The maximum atomic E-state index is 12.1. The van der Waals surface area contributed by atoms with E-state index in [0.29, 0.717) is 27.5 Å². The molecule has 0 bridgehead atoms. The number of nitrogens with two attached hydrogens (primary N) is 1. The number of carbonyl (C=O) groups excluding carboxylic acids is 1. The number of rotatable bonds is 2. The molecule has 2 rings (SSSR count). The largest absolute Gasteiger partial charge is 0.508 e. The molecule has 1 amide bonds. The van der Waals surface area contributed by atoms with E-state index in [1.807, 2.05) is 0 Å². The van der Waals surface area contributed by atoms with Gasteiger partial charge >= 0.3 is 0 Å². The van der Waals surface area contributed by atoms with Gasteiger partial charge in [0.05, 0.1) is 11.4 Å². The number of halogens is 1. The highest BCUT2D eigenvalue weighted by molar-refractivity contribution is 6.31. The number of hydrogen-bond acceptors (Lipinski definition) is 3. The van der Waals surface area contributed by atoms with Crippen LogP contribution in [0, 0.1) is 6.92 Å². The molecule has 0 fully saturated rings.